The SMILES string of the molecule is CCCCC(C)(C)c1cc2c(cc1CC)N(c1ccc(C(C)(C)C)cc1)B1c3ccc4oc5ccccc5c4c3N(c3cc4c(cc3C)C(C)(C)CCC4(C)C)c3cc(-c4c(C)cc(C)cc4C)cc-2c31. The summed E-state index contributed by atoms with van der Waals surface area (Å²) in [4.78, 5) is 5.44. The standard InChI is InChI=1S/C67H75BN2O/c1-16-18-29-65(10,11)51-38-49-50-35-45(60-42(5)32-40(3)33-43(60)6)37-57-62(50)68(70(56(49)36-44(51)17-2)47-25-23-46(24-26-47)64(7,8)9)54-27-28-59-61(48-21-19-20-22-58(48)71-59)63(54)69(57)55-39-53-52(34-41(55)4)66(12,13)30-31-67(53,14)15/h19-28,32-39H,16-18,29-31H2,1-15H3. The van der Waals surface area contributed by atoms with Gasteiger partial charge in [-0.25, -0.2) is 0 Å². The second kappa shape index (κ2) is 16.5. The molecule has 0 fully saturated rings. The summed E-state index contributed by atoms with van der Waals surface area (Å²) in [5.74, 6) is 0. The number of rotatable bonds is 8. The van der Waals surface area contributed by atoms with Crippen LogP contribution in [0.15, 0.2) is 114 Å². The molecule has 2 aliphatic heterocycles. The molecule has 0 spiro atoms. The molecule has 0 amide bonds. The largest absolute Gasteiger partial charge is 0.456 e. The molecule has 0 bridgehead atoms. The quantitative estimate of drug-likeness (QED) is 0.142. The number of hydrogen-bond acceptors (Lipinski definition) is 3. The van der Waals surface area contributed by atoms with Gasteiger partial charge in [-0.3, -0.25) is 0 Å². The van der Waals surface area contributed by atoms with E-state index in [1.165, 1.54) is 136 Å². The Morgan fingerprint density at radius 1 is 0.648 bits per heavy atom. The topological polar surface area (TPSA) is 19.6 Å². The molecule has 71 heavy (non-hydrogen) atoms. The van der Waals surface area contributed by atoms with Gasteiger partial charge in [0.2, 0.25) is 0 Å². The van der Waals surface area contributed by atoms with Crippen LogP contribution in [-0.2, 0) is 28.1 Å². The molecule has 0 atom stereocenters. The molecule has 3 aliphatic rings. The second-order valence-electron chi connectivity index (χ2n) is 24.9. The number of aryl methyl sites for hydroxylation is 5. The molecule has 0 radical (unpaired) electrons. The predicted octanol–water partition coefficient (Wildman–Crippen LogP) is 17.9. The first kappa shape index (κ1) is 47.3. The number of furan rings is 1. The van der Waals surface area contributed by atoms with E-state index in [4.69, 9.17) is 4.42 Å². The highest BCUT2D eigenvalue weighted by Gasteiger charge is 2.48. The van der Waals surface area contributed by atoms with E-state index >= 15 is 0 Å². The van der Waals surface area contributed by atoms with Crippen molar-refractivity contribution in [3.05, 3.63) is 159 Å². The first-order chi connectivity index (χ1) is 33.6. The summed E-state index contributed by atoms with van der Waals surface area (Å²) in [7, 11) is 0. The van der Waals surface area contributed by atoms with Gasteiger partial charge in [0.1, 0.15) is 11.2 Å². The molecule has 0 unspecified atom stereocenters. The van der Waals surface area contributed by atoms with Crippen LogP contribution in [0.2, 0.25) is 0 Å². The lowest BCUT2D eigenvalue weighted by atomic mass is 9.43. The average Bonchev–Trinajstić information content (AvgIpc) is 3.70. The molecule has 362 valence electrons. The van der Waals surface area contributed by atoms with Crippen LogP contribution in [0.4, 0.5) is 28.4 Å². The zero-order chi connectivity index (χ0) is 50.3. The van der Waals surface area contributed by atoms with E-state index in [0.717, 1.165) is 35.8 Å². The van der Waals surface area contributed by atoms with Gasteiger partial charge in [-0.1, -0.05) is 149 Å². The molecule has 8 aromatic rings. The molecule has 11 rings (SSSR count). The summed E-state index contributed by atoms with van der Waals surface area (Å²) in [6, 6.07) is 43.3. The number of anilines is 5. The summed E-state index contributed by atoms with van der Waals surface area (Å²) in [6.07, 6.45) is 6.83. The summed E-state index contributed by atoms with van der Waals surface area (Å²) in [6.45, 7) is 35.6. The number of benzene rings is 7. The molecule has 0 N–H and O–H groups in total. The highest BCUT2D eigenvalue weighted by molar-refractivity contribution is 6.94. The minimum absolute atomic E-state index is 0.00161. The third kappa shape index (κ3) is 7.43. The van der Waals surface area contributed by atoms with Crippen LogP contribution in [-0.4, -0.2) is 6.85 Å². The Morgan fingerprint density at radius 3 is 1.99 bits per heavy atom. The monoisotopic (exact) mass is 935 g/mol. The van der Waals surface area contributed by atoms with Crippen molar-refractivity contribution in [3.8, 4) is 22.3 Å². The van der Waals surface area contributed by atoms with Gasteiger partial charge in [0.15, 0.2) is 0 Å². The molecule has 0 saturated heterocycles. The van der Waals surface area contributed by atoms with Crippen molar-refractivity contribution in [2.24, 2.45) is 0 Å². The minimum atomic E-state index is -0.136. The Morgan fingerprint density at radius 2 is 1.32 bits per heavy atom. The van der Waals surface area contributed by atoms with Gasteiger partial charge >= 0.3 is 6.85 Å². The molecule has 1 aliphatic carbocycles. The number of fused-ring (bicyclic) bond motifs is 9. The van der Waals surface area contributed by atoms with Crippen LogP contribution in [0.3, 0.4) is 0 Å². The maximum atomic E-state index is 6.89. The van der Waals surface area contributed by atoms with Crippen LogP contribution >= 0.6 is 0 Å². The fourth-order valence-electron chi connectivity index (χ4n) is 13.4. The van der Waals surface area contributed by atoms with Crippen molar-refractivity contribution < 1.29 is 4.42 Å². The molecule has 0 saturated carbocycles. The zero-order valence-electron chi connectivity index (χ0n) is 45.5. The molecule has 7 aromatic carbocycles. The van der Waals surface area contributed by atoms with Gasteiger partial charge in [0, 0.05) is 33.7 Å². The van der Waals surface area contributed by atoms with Gasteiger partial charge < -0.3 is 14.1 Å². The fourth-order valence-corrected chi connectivity index (χ4v) is 13.4. The predicted molar refractivity (Wildman–Crippen MR) is 308 cm³/mol. The van der Waals surface area contributed by atoms with E-state index in [9.17, 15) is 0 Å². The van der Waals surface area contributed by atoms with Crippen LogP contribution < -0.4 is 20.6 Å². The van der Waals surface area contributed by atoms with E-state index in [1.54, 1.807) is 0 Å². The molecule has 3 heterocycles. The lowest BCUT2D eigenvalue weighted by Crippen LogP contribution is -2.61. The number of para-hydroxylation sites is 1. The molecule has 4 heteroatoms. The van der Waals surface area contributed by atoms with Gasteiger partial charge in [0.05, 0.1) is 11.1 Å². The van der Waals surface area contributed by atoms with E-state index in [0.29, 0.717) is 0 Å². The zero-order valence-corrected chi connectivity index (χ0v) is 45.5. The van der Waals surface area contributed by atoms with E-state index in [1.807, 2.05) is 0 Å². The summed E-state index contributed by atoms with van der Waals surface area (Å²) in [5.41, 5.74) is 28.5. The third-order valence-corrected chi connectivity index (χ3v) is 17.4. The molecule has 1 aromatic heterocycles. The lowest BCUT2D eigenvalue weighted by Gasteiger charge is -2.48. The molecule has 3 nitrogen and oxygen atoms in total. The summed E-state index contributed by atoms with van der Waals surface area (Å²) < 4.78 is 6.89. The van der Waals surface area contributed by atoms with Crippen LogP contribution in [0.25, 0.3) is 44.2 Å². The first-order valence-corrected chi connectivity index (χ1v) is 26.9. The van der Waals surface area contributed by atoms with Gasteiger partial charge in [0.25, 0.3) is 0 Å². The van der Waals surface area contributed by atoms with Crippen LogP contribution in [0.5, 0.6) is 0 Å². The van der Waals surface area contributed by atoms with Crippen molar-refractivity contribution >= 4 is 68.1 Å². The summed E-state index contributed by atoms with van der Waals surface area (Å²) in [5, 5.41) is 2.32. The van der Waals surface area contributed by atoms with Gasteiger partial charge in [-0.05, 0) is 202 Å². The number of unbranched alkanes of at least 4 members (excludes halogenated alkanes) is 1. The Balaban J connectivity index is 1.34. The molecular formula is C67H75BN2O. The van der Waals surface area contributed by atoms with Crippen LogP contribution in [0, 0.1) is 27.7 Å². The fraction of sp³-hybridized carbons (Fsp3) is 0.373. The van der Waals surface area contributed by atoms with Gasteiger partial charge in [-0.2, -0.15) is 0 Å². The van der Waals surface area contributed by atoms with E-state index in [2.05, 4.69) is 223 Å². The Hall–Kier alpha value is -6.00. The normalized spacial score (nSPS) is 15.8. The van der Waals surface area contributed by atoms with Crippen LogP contribution in [0.1, 0.15) is 158 Å². The Kier molecular flexibility index (Phi) is 11.0. The third-order valence-electron chi connectivity index (χ3n) is 17.4. The minimum Gasteiger partial charge on any atom is -0.456 e. The number of hydrogen-bond donors (Lipinski definition) is 0. The number of nitrogens with zero attached hydrogens (tertiary/aromatic N) is 2. The van der Waals surface area contributed by atoms with Crippen molar-refractivity contribution in [2.75, 3.05) is 9.71 Å². The van der Waals surface area contributed by atoms with Gasteiger partial charge in [-0.15, -0.1) is 0 Å². The van der Waals surface area contributed by atoms with E-state index < -0.39 is 0 Å². The molecular weight excluding hydrogens is 860 g/mol. The smallest absolute Gasteiger partial charge is 0.333 e. The van der Waals surface area contributed by atoms with E-state index in [-0.39, 0.29) is 28.5 Å². The highest BCUT2D eigenvalue weighted by atomic mass is 16.3. The summed E-state index contributed by atoms with van der Waals surface area (Å²) >= 11 is 0. The van der Waals surface area contributed by atoms with Crippen molar-refractivity contribution in [1.82, 2.24) is 0 Å². The van der Waals surface area contributed by atoms with Crippen molar-refractivity contribution in [2.45, 2.75) is 164 Å². The lowest BCUT2D eigenvalue weighted by molar-refractivity contribution is 0.332. The van der Waals surface area contributed by atoms with Crippen molar-refractivity contribution in [1.29, 1.82) is 0 Å². The average molecular weight is 935 g/mol. The highest BCUT2D eigenvalue weighted by Crippen LogP contribution is 2.55. The first-order valence-electron chi connectivity index (χ1n) is 26.9. The maximum Gasteiger partial charge on any atom is 0.333 e. The Bertz CT molecular complexity index is 3440. The second-order valence-corrected chi connectivity index (χ2v) is 24.9. The Labute approximate surface area is 425 Å². The maximum absolute atomic E-state index is 6.89. The van der Waals surface area contributed by atoms with Crippen molar-refractivity contribution in [3.63, 3.8) is 0 Å².